The number of esters is 1. The Labute approximate surface area is 119 Å². The lowest BCUT2D eigenvalue weighted by Crippen LogP contribution is -2.29. The Balaban J connectivity index is 3.49. The van der Waals surface area contributed by atoms with Crippen molar-refractivity contribution >= 4 is 16.1 Å². The quantitative estimate of drug-likeness (QED) is 0.483. The lowest BCUT2D eigenvalue weighted by molar-refractivity contribution is -0.0500. The highest BCUT2D eigenvalue weighted by Gasteiger charge is 2.49. The van der Waals surface area contributed by atoms with Gasteiger partial charge in [-0.15, -0.1) is 0 Å². The van der Waals surface area contributed by atoms with Crippen LogP contribution in [-0.2, 0) is 14.9 Å². The zero-order valence-corrected chi connectivity index (χ0v) is 12.2. The van der Waals surface area contributed by atoms with E-state index in [0.29, 0.717) is 0 Å². The van der Waals surface area contributed by atoms with Crippen molar-refractivity contribution in [2.45, 2.75) is 25.3 Å². The molecule has 1 rings (SSSR count). The third-order valence-corrected chi connectivity index (χ3v) is 3.50. The highest BCUT2D eigenvalue weighted by molar-refractivity contribution is 7.88. The molecule has 0 spiro atoms. The molecule has 21 heavy (non-hydrogen) atoms. The summed E-state index contributed by atoms with van der Waals surface area (Å²) in [7, 11) is -4.86. The smallest absolute Gasteiger partial charge is 0.465 e. The largest absolute Gasteiger partial charge is 0.534 e. The number of ether oxygens (including phenoxy) is 1. The summed E-state index contributed by atoms with van der Waals surface area (Å²) in [5, 5.41) is 0. The fourth-order valence-electron chi connectivity index (χ4n) is 1.53. The number of benzene rings is 1. The lowest BCUT2D eigenvalue weighted by atomic mass is 9.99. The summed E-state index contributed by atoms with van der Waals surface area (Å²) in [5.41, 5.74) is -5.84. The Morgan fingerprint density at radius 1 is 1.24 bits per heavy atom. The third-order valence-electron chi connectivity index (χ3n) is 2.55. The highest BCUT2D eigenvalue weighted by atomic mass is 32.2. The predicted molar refractivity (Wildman–Crippen MR) is 67.5 cm³/mol. The van der Waals surface area contributed by atoms with Gasteiger partial charge in [-0.3, -0.25) is 0 Å². The maximum atomic E-state index is 12.4. The van der Waals surface area contributed by atoms with Crippen molar-refractivity contribution in [3.05, 3.63) is 29.3 Å². The molecule has 0 unspecified atom stereocenters. The highest BCUT2D eigenvalue weighted by Crippen LogP contribution is 2.35. The number of rotatable bonds is 4. The third kappa shape index (κ3) is 3.66. The normalized spacial score (nSPS) is 12.3. The molecule has 0 bridgehead atoms. The number of carbonyl (C=O) groups excluding carboxylic acids is 1. The topological polar surface area (TPSA) is 69.7 Å². The first-order chi connectivity index (χ1) is 9.51. The molecule has 0 aliphatic heterocycles. The minimum atomic E-state index is -5.88. The second-order valence-corrected chi connectivity index (χ2v) is 5.89. The molecule has 0 atom stereocenters. The molecule has 0 aliphatic carbocycles. The number of hydrogen-bond acceptors (Lipinski definition) is 5. The van der Waals surface area contributed by atoms with Crippen LogP contribution in [0.5, 0.6) is 5.75 Å². The first kappa shape index (κ1) is 17.3. The van der Waals surface area contributed by atoms with Crippen LogP contribution in [0, 0.1) is 0 Å². The van der Waals surface area contributed by atoms with Crippen LogP contribution in [-0.4, -0.2) is 27.0 Å². The summed E-state index contributed by atoms with van der Waals surface area (Å²) >= 11 is 0. The number of para-hydroxylation sites is 1. The average Bonchev–Trinajstić information content (AvgIpc) is 2.36. The minimum absolute atomic E-state index is 0.144. The van der Waals surface area contributed by atoms with Gasteiger partial charge in [0.05, 0.1) is 7.11 Å². The van der Waals surface area contributed by atoms with Crippen LogP contribution in [0.15, 0.2) is 18.2 Å². The van der Waals surface area contributed by atoms with E-state index >= 15 is 0 Å². The van der Waals surface area contributed by atoms with Crippen LogP contribution in [0.1, 0.15) is 35.7 Å². The number of carbonyl (C=O) groups is 1. The van der Waals surface area contributed by atoms with E-state index in [1.54, 1.807) is 13.8 Å². The van der Waals surface area contributed by atoms with Crippen LogP contribution >= 0.6 is 0 Å². The summed E-state index contributed by atoms with van der Waals surface area (Å²) in [4.78, 5) is 11.6. The molecule has 0 fully saturated rings. The molecule has 1 aromatic rings. The second kappa shape index (κ2) is 5.92. The van der Waals surface area contributed by atoms with E-state index in [9.17, 15) is 26.4 Å². The predicted octanol–water partition coefficient (Wildman–Crippen LogP) is 2.83. The molecule has 118 valence electrons. The van der Waals surface area contributed by atoms with E-state index in [1.165, 1.54) is 12.1 Å². The molecule has 0 aliphatic rings. The number of hydrogen-bond donors (Lipinski definition) is 0. The summed E-state index contributed by atoms with van der Waals surface area (Å²) in [6.45, 7) is 3.23. The summed E-state index contributed by atoms with van der Waals surface area (Å²) in [6, 6.07) is 3.89. The zero-order valence-electron chi connectivity index (χ0n) is 11.4. The van der Waals surface area contributed by atoms with Gasteiger partial charge in [0.15, 0.2) is 5.75 Å². The van der Waals surface area contributed by atoms with Gasteiger partial charge in [-0.1, -0.05) is 26.0 Å². The van der Waals surface area contributed by atoms with Crippen molar-refractivity contribution in [3.63, 3.8) is 0 Å². The lowest BCUT2D eigenvalue weighted by Gasteiger charge is -2.17. The van der Waals surface area contributed by atoms with E-state index in [2.05, 4.69) is 8.92 Å². The Bertz CT molecular complexity index is 635. The van der Waals surface area contributed by atoms with Gasteiger partial charge in [0, 0.05) is 0 Å². The van der Waals surface area contributed by atoms with Crippen LogP contribution in [0.4, 0.5) is 13.2 Å². The van der Waals surface area contributed by atoms with E-state index in [0.717, 1.165) is 13.2 Å². The van der Waals surface area contributed by atoms with Crippen LogP contribution in [0.25, 0.3) is 0 Å². The first-order valence-electron chi connectivity index (χ1n) is 5.73. The Morgan fingerprint density at radius 3 is 2.24 bits per heavy atom. The maximum absolute atomic E-state index is 12.4. The molecule has 0 aromatic heterocycles. The molecule has 5 nitrogen and oxygen atoms in total. The van der Waals surface area contributed by atoms with E-state index in [1.807, 2.05) is 0 Å². The number of halogens is 3. The molecule has 0 saturated carbocycles. The summed E-state index contributed by atoms with van der Waals surface area (Å²) < 4.78 is 68.2. The SMILES string of the molecule is COC(=O)c1cccc(C(C)C)c1OS(=O)(=O)C(F)(F)F. The monoisotopic (exact) mass is 326 g/mol. The maximum Gasteiger partial charge on any atom is 0.534 e. The minimum Gasteiger partial charge on any atom is -0.465 e. The number of methoxy groups -OCH3 is 1. The Kier molecular flexibility index (Phi) is 4.87. The summed E-state index contributed by atoms with van der Waals surface area (Å²) in [6.07, 6.45) is 0. The van der Waals surface area contributed by atoms with Crippen molar-refractivity contribution < 1.29 is 35.3 Å². The molecule has 0 heterocycles. The molecule has 0 N–H and O–H groups in total. The molecule has 0 saturated heterocycles. The van der Waals surface area contributed by atoms with Crippen LogP contribution in [0.2, 0.25) is 0 Å². The Morgan fingerprint density at radius 2 is 1.81 bits per heavy atom. The van der Waals surface area contributed by atoms with E-state index in [4.69, 9.17) is 0 Å². The van der Waals surface area contributed by atoms with Crippen molar-refractivity contribution in [2.24, 2.45) is 0 Å². The molecule has 9 heteroatoms. The van der Waals surface area contributed by atoms with Gasteiger partial charge >= 0.3 is 21.6 Å². The van der Waals surface area contributed by atoms with Gasteiger partial charge in [-0.25, -0.2) is 4.79 Å². The fourth-order valence-corrected chi connectivity index (χ4v) is 2.03. The average molecular weight is 326 g/mol. The molecule has 1 aromatic carbocycles. The number of alkyl halides is 3. The van der Waals surface area contributed by atoms with Crippen molar-refractivity contribution in [1.82, 2.24) is 0 Å². The van der Waals surface area contributed by atoms with Crippen molar-refractivity contribution in [2.75, 3.05) is 7.11 Å². The van der Waals surface area contributed by atoms with E-state index < -0.39 is 32.9 Å². The van der Waals surface area contributed by atoms with Gasteiger partial charge in [-0.05, 0) is 17.5 Å². The van der Waals surface area contributed by atoms with Crippen molar-refractivity contribution in [3.8, 4) is 5.75 Å². The zero-order chi connectivity index (χ0) is 16.4. The standard InChI is InChI=1S/C12H13F3O5S/c1-7(2)8-5-4-6-9(11(16)19-3)10(8)20-21(17,18)12(13,14)15/h4-7H,1-3H3. The molecular formula is C12H13F3O5S. The van der Waals surface area contributed by atoms with Gasteiger partial charge in [0.1, 0.15) is 5.56 Å². The van der Waals surface area contributed by atoms with Gasteiger partial charge in [-0.2, -0.15) is 21.6 Å². The second-order valence-electron chi connectivity index (χ2n) is 4.35. The molecule has 0 amide bonds. The first-order valence-corrected chi connectivity index (χ1v) is 7.14. The molecule has 0 radical (unpaired) electrons. The molecular weight excluding hydrogens is 313 g/mol. The van der Waals surface area contributed by atoms with Crippen LogP contribution < -0.4 is 4.18 Å². The van der Waals surface area contributed by atoms with Gasteiger partial charge in [0.25, 0.3) is 0 Å². The van der Waals surface area contributed by atoms with Crippen molar-refractivity contribution in [1.29, 1.82) is 0 Å². The van der Waals surface area contributed by atoms with Crippen LogP contribution in [0.3, 0.4) is 0 Å². The van der Waals surface area contributed by atoms with E-state index in [-0.39, 0.29) is 11.5 Å². The van der Waals surface area contributed by atoms with Gasteiger partial charge < -0.3 is 8.92 Å². The summed E-state index contributed by atoms with van der Waals surface area (Å²) in [5.74, 6) is -2.03. The fraction of sp³-hybridized carbons (Fsp3) is 0.417. The Hall–Kier alpha value is -1.77. The van der Waals surface area contributed by atoms with Gasteiger partial charge in [0.2, 0.25) is 0 Å².